The van der Waals surface area contributed by atoms with Gasteiger partial charge >= 0.3 is 6.36 Å². The molecule has 0 heterocycles. The third-order valence-electron chi connectivity index (χ3n) is 4.64. The highest BCUT2D eigenvalue weighted by Gasteiger charge is 2.46. The van der Waals surface area contributed by atoms with Gasteiger partial charge in [-0.1, -0.05) is 36.5 Å². The molecule has 23 heavy (non-hydrogen) atoms. The molecule has 0 radical (unpaired) electrons. The second-order valence-corrected chi connectivity index (χ2v) is 6.31. The average Bonchev–Trinajstić information content (AvgIpc) is 2.51. The van der Waals surface area contributed by atoms with E-state index in [1.807, 2.05) is 6.08 Å². The fraction of sp³-hybridized carbons (Fsp3) is 0.667. The zero-order valence-electron chi connectivity index (χ0n) is 13.2. The highest BCUT2D eigenvalue weighted by molar-refractivity contribution is 5.23. The largest absolute Gasteiger partial charge is 0.523 e. The van der Waals surface area contributed by atoms with Crippen molar-refractivity contribution in [2.24, 2.45) is 11.8 Å². The van der Waals surface area contributed by atoms with E-state index in [-0.39, 0.29) is 12.6 Å². The van der Waals surface area contributed by atoms with Crippen molar-refractivity contribution in [2.75, 3.05) is 6.67 Å². The number of ether oxygens (including phenoxy) is 1. The standard InChI is InChI=1S/C18H24F4O/c19-14-6-1-3-7-15-8-10-16(11-9-15)17(23-18(20,21)22)12-4-2-5-13-17/h3-5,7,12-13,15-16H,1-2,6,8-11,14H2/b7-3+/t15-,16-. The van der Waals surface area contributed by atoms with Crippen LogP contribution >= 0.6 is 0 Å². The van der Waals surface area contributed by atoms with E-state index in [0.717, 1.165) is 19.3 Å². The number of hydrogen-bond acceptors (Lipinski definition) is 1. The Labute approximate surface area is 135 Å². The predicted octanol–water partition coefficient (Wildman–Crippen LogP) is 5.89. The van der Waals surface area contributed by atoms with Crippen molar-refractivity contribution >= 4 is 0 Å². The van der Waals surface area contributed by atoms with Gasteiger partial charge in [0, 0.05) is 0 Å². The van der Waals surface area contributed by atoms with Crippen LogP contribution in [-0.2, 0) is 4.74 Å². The zero-order chi connectivity index (χ0) is 16.8. The molecule has 0 bridgehead atoms. The van der Waals surface area contributed by atoms with Crippen LogP contribution < -0.4 is 0 Å². The Kier molecular flexibility index (Phi) is 6.45. The number of alkyl halides is 4. The SMILES string of the molecule is FCCC/C=C/[C@H]1CC[C@H](C2(OC(F)(F)F)C=CCC=C2)CC1. The summed E-state index contributed by atoms with van der Waals surface area (Å²) in [6, 6.07) is 0. The van der Waals surface area contributed by atoms with Gasteiger partial charge in [0.25, 0.3) is 0 Å². The summed E-state index contributed by atoms with van der Waals surface area (Å²) in [5.74, 6) is 0.220. The number of halogens is 4. The lowest BCUT2D eigenvalue weighted by molar-refractivity contribution is -0.358. The topological polar surface area (TPSA) is 9.23 Å². The minimum atomic E-state index is -4.64. The molecule has 0 aliphatic heterocycles. The minimum Gasteiger partial charge on any atom is -0.276 e. The first-order chi connectivity index (χ1) is 11.0. The van der Waals surface area contributed by atoms with Crippen LogP contribution in [0.25, 0.3) is 0 Å². The molecule has 0 saturated heterocycles. The Morgan fingerprint density at radius 2 is 1.74 bits per heavy atom. The van der Waals surface area contributed by atoms with Crippen molar-refractivity contribution in [2.45, 2.75) is 56.9 Å². The van der Waals surface area contributed by atoms with Gasteiger partial charge in [0.05, 0.1) is 6.67 Å². The molecule has 0 atom stereocenters. The third kappa shape index (κ3) is 5.48. The van der Waals surface area contributed by atoms with E-state index in [1.54, 1.807) is 24.3 Å². The summed E-state index contributed by atoms with van der Waals surface area (Å²) in [6.07, 6.45) is 11.1. The van der Waals surface area contributed by atoms with Crippen molar-refractivity contribution in [1.82, 2.24) is 0 Å². The summed E-state index contributed by atoms with van der Waals surface area (Å²) in [5.41, 5.74) is -1.35. The third-order valence-corrected chi connectivity index (χ3v) is 4.64. The van der Waals surface area contributed by atoms with Gasteiger partial charge < -0.3 is 0 Å². The zero-order valence-corrected chi connectivity index (χ0v) is 13.2. The number of unbranched alkanes of at least 4 members (excludes halogenated alkanes) is 1. The molecule has 1 fully saturated rings. The molecule has 0 aromatic rings. The maximum absolute atomic E-state index is 12.8. The summed E-state index contributed by atoms with van der Waals surface area (Å²) < 4.78 is 55.0. The van der Waals surface area contributed by atoms with E-state index >= 15 is 0 Å². The highest BCUT2D eigenvalue weighted by Crippen LogP contribution is 2.43. The lowest BCUT2D eigenvalue weighted by Crippen LogP contribution is -2.43. The summed E-state index contributed by atoms with van der Waals surface area (Å²) in [5, 5.41) is 0. The molecule has 0 aromatic carbocycles. The van der Waals surface area contributed by atoms with Gasteiger partial charge in [0.1, 0.15) is 5.60 Å². The smallest absolute Gasteiger partial charge is 0.276 e. The Hall–Kier alpha value is -1.10. The predicted molar refractivity (Wildman–Crippen MR) is 82.6 cm³/mol. The fourth-order valence-corrected chi connectivity index (χ4v) is 3.51. The molecule has 0 spiro atoms. The van der Waals surface area contributed by atoms with Crippen LogP contribution in [0.15, 0.2) is 36.5 Å². The van der Waals surface area contributed by atoms with Gasteiger partial charge in [-0.25, -0.2) is 0 Å². The maximum Gasteiger partial charge on any atom is 0.523 e. The molecule has 5 heteroatoms. The van der Waals surface area contributed by atoms with E-state index in [2.05, 4.69) is 10.8 Å². The van der Waals surface area contributed by atoms with Crippen LogP contribution in [0.4, 0.5) is 17.6 Å². The first-order valence-electron chi connectivity index (χ1n) is 8.30. The lowest BCUT2D eigenvalue weighted by Gasteiger charge is -2.41. The van der Waals surface area contributed by atoms with Gasteiger partial charge in [0.2, 0.25) is 0 Å². The maximum atomic E-state index is 12.8. The summed E-state index contributed by atoms with van der Waals surface area (Å²) in [7, 11) is 0. The monoisotopic (exact) mass is 332 g/mol. The van der Waals surface area contributed by atoms with Crippen LogP contribution in [0.1, 0.15) is 44.9 Å². The molecule has 1 nitrogen and oxygen atoms in total. The molecule has 130 valence electrons. The molecule has 2 aliphatic carbocycles. The van der Waals surface area contributed by atoms with Crippen molar-refractivity contribution in [3.63, 3.8) is 0 Å². The fourth-order valence-electron chi connectivity index (χ4n) is 3.51. The Bertz CT molecular complexity index is 430. The van der Waals surface area contributed by atoms with E-state index in [4.69, 9.17) is 0 Å². The van der Waals surface area contributed by atoms with E-state index < -0.39 is 12.0 Å². The van der Waals surface area contributed by atoms with Gasteiger partial charge in [-0.3, -0.25) is 9.13 Å². The van der Waals surface area contributed by atoms with Crippen LogP contribution in [0.3, 0.4) is 0 Å². The quantitative estimate of drug-likeness (QED) is 0.335. The van der Waals surface area contributed by atoms with Crippen molar-refractivity contribution in [3.8, 4) is 0 Å². The molecule has 0 amide bonds. The summed E-state index contributed by atoms with van der Waals surface area (Å²) >= 11 is 0. The van der Waals surface area contributed by atoms with Gasteiger partial charge in [-0.05, 0) is 56.8 Å². The molecule has 0 N–H and O–H groups in total. The van der Waals surface area contributed by atoms with Crippen LogP contribution in [0, 0.1) is 11.8 Å². The van der Waals surface area contributed by atoms with Gasteiger partial charge in [-0.2, -0.15) is 0 Å². The number of hydrogen-bond donors (Lipinski definition) is 0. The summed E-state index contributed by atoms with van der Waals surface area (Å²) in [6.45, 7) is -0.312. The molecular weight excluding hydrogens is 308 g/mol. The van der Waals surface area contributed by atoms with E-state index in [1.165, 1.54) is 0 Å². The van der Waals surface area contributed by atoms with Gasteiger partial charge in [0.15, 0.2) is 0 Å². The van der Waals surface area contributed by atoms with Crippen LogP contribution in [0.5, 0.6) is 0 Å². The Morgan fingerprint density at radius 3 is 2.30 bits per heavy atom. The lowest BCUT2D eigenvalue weighted by atomic mass is 9.72. The minimum absolute atomic E-state index is 0.160. The van der Waals surface area contributed by atoms with Crippen molar-refractivity contribution < 1.29 is 22.3 Å². The number of allylic oxidation sites excluding steroid dienone is 4. The Morgan fingerprint density at radius 1 is 1.09 bits per heavy atom. The van der Waals surface area contributed by atoms with Crippen molar-refractivity contribution in [3.05, 3.63) is 36.5 Å². The molecule has 1 saturated carbocycles. The average molecular weight is 332 g/mol. The second kappa shape index (κ2) is 8.13. The van der Waals surface area contributed by atoms with Gasteiger partial charge in [-0.15, -0.1) is 13.2 Å². The second-order valence-electron chi connectivity index (χ2n) is 6.31. The molecular formula is C18H24F4O. The highest BCUT2D eigenvalue weighted by atomic mass is 19.4. The first-order valence-corrected chi connectivity index (χ1v) is 8.30. The normalized spacial score (nSPS) is 27.7. The molecule has 2 aliphatic rings. The number of rotatable bonds is 6. The van der Waals surface area contributed by atoms with Crippen molar-refractivity contribution in [1.29, 1.82) is 0 Å². The van der Waals surface area contributed by atoms with Crippen LogP contribution in [0.2, 0.25) is 0 Å². The van der Waals surface area contributed by atoms with E-state index in [0.29, 0.717) is 31.6 Å². The first kappa shape index (κ1) is 18.2. The molecule has 0 aromatic heterocycles. The summed E-state index contributed by atoms with van der Waals surface area (Å²) in [4.78, 5) is 0. The molecule has 0 unspecified atom stereocenters. The van der Waals surface area contributed by atoms with E-state index in [9.17, 15) is 17.6 Å². The molecule has 2 rings (SSSR count). The van der Waals surface area contributed by atoms with Crippen LogP contribution in [-0.4, -0.2) is 18.6 Å². The Balaban J connectivity index is 1.95.